The molecule has 0 aromatic heterocycles. The molecule has 0 fully saturated rings. The highest BCUT2D eigenvalue weighted by Gasteiger charge is 2.48. The van der Waals surface area contributed by atoms with E-state index in [-0.39, 0.29) is 12.8 Å². The molecular formula is C18H24O5P+. The van der Waals surface area contributed by atoms with Crippen molar-refractivity contribution in [2.75, 3.05) is 26.0 Å². The van der Waals surface area contributed by atoms with E-state index in [2.05, 4.69) is 0 Å². The Morgan fingerprint density at radius 2 is 1.33 bits per heavy atom. The lowest BCUT2D eigenvalue weighted by atomic mass is 9.87. The van der Waals surface area contributed by atoms with Gasteiger partial charge in [0.1, 0.15) is 0 Å². The van der Waals surface area contributed by atoms with E-state index in [0.717, 1.165) is 11.1 Å². The van der Waals surface area contributed by atoms with Gasteiger partial charge in [-0.15, -0.1) is 0 Å². The minimum Gasteiger partial charge on any atom is -0.379 e. The molecule has 0 amide bonds. The molecule has 0 aliphatic heterocycles. The summed E-state index contributed by atoms with van der Waals surface area (Å²) < 4.78 is 11.4. The van der Waals surface area contributed by atoms with Crippen LogP contribution in [0.1, 0.15) is 18.1 Å². The summed E-state index contributed by atoms with van der Waals surface area (Å²) in [6, 6.07) is 18.6. The highest BCUT2D eigenvalue weighted by molar-refractivity contribution is 7.58. The summed E-state index contributed by atoms with van der Waals surface area (Å²) in [5.41, 5.74) is 0.328. The Balaban J connectivity index is 2.46. The molecule has 0 atom stereocenters. The lowest BCUT2D eigenvalue weighted by Crippen LogP contribution is -2.37. The molecular weight excluding hydrogens is 327 g/mol. The Morgan fingerprint density at radius 3 is 1.75 bits per heavy atom. The SMILES string of the molecule is CCOCCOC(C[P+](O)(O)O)(c1ccccc1)c1ccccc1. The average Bonchev–Trinajstić information content (AvgIpc) is 2.58. The molecule has 24 heavy (non-hydrogen) atoms. The molecule has 2 aromatic rings. The number of ether oxygens (including phenoxy) is 2. The summed E-state index contributed by atoms with van der Waals surface area (Å²) in [5, 5.41) is 0. The van der Waals surface area contributed by atoms with Crippen molar-refractivity contribution in [3.63, 3.8) is 0 Å². The van der Waals surface area contributed by atoms with Gasteiger partial charge in [0.15, 0.2) is 11.8 Å². The third kappa shape index (κ3) is 5.08. The van der Waals surface area contributed by atoms with Crippen molar-refractivity contribution in [2.45, 2.75) is 12.5 Å². The van der Waals surface area contributed by atoms with Gasteiger partial charge in [-0.1, -0.05) is 60.7 Å². The summed E-state index contributed by atoms with van der Waals surface area (Å²) >= 11 is 0. The minimum atomic E-state index is -4.09. The lowest BCUT2D eigenvalue weighted by molar-refractivity contribution is -0.0355. The van der Waals surface area contributed by atoms with Gasteiger partial charge in [0.05, 0.1) is 13.2 Å². The fourth-order valence-electron chi connectivity index (χ4n) is 2.69. The van der Waals surface area contributed by atoms with Crippen LogP contribution in [0.5, 0.6) is 0 Å². The van der Waals surface area contributed by atoms with E-state index in [1.54, 1.807) is 0 Å². The van der Waals surface area contributed by atoms with Crippen molar-refractivity contribution in [3.8, 4) is 0 Å². The predicted octanol–water partition coefficient (Wildman–Crippen LogP) is 2.72. The fraction of sp³-hybridized carbons (Fsp3) is 0.333. The summed E-state index contributed by atoms with van der Waals surface area (Å²) in [5.74, 6) is 0. The Bertz CT molecular complexity index is 558. The first kappa shape index (κ1) is 19.0. The van der Waals surface area contributed by atoms with Crippen molar-refractivity contribution < 1.29 is 24.2 Å². The van der Waals surface area contributed by atoms with Crippen molar-refractivity contribution in [1.82, 2.24) is 0 Å². The molecule has 0 aliphatic carbocycles. The number of hydrogen-bond acceptors (Lipinski definition) is 5. The van der Waals surface area contributed by atoms with Gasteiger partial charge in [-0.3, -0.25) is 0 Å². The van der Waals surface area contributed by atoms with Crippen LogP contribution in [0.15, 0.2) is 60.7 Å². The van der Waals surface area contributed by atoms with Gasteiger partial charge in [-0.25, -0.2) is 0 Å². The molecule has 0 heterocycles. The monoisotopic (exact) mass is 351 g/mol. The lowest BCUT2D eigenvalue weighted by Gasteiger charge is -2.34. The van der Waals surface area contributed by atoms with Gasteiger partial charge in [-0.05, 0) is 18.1 Å². The van der Waals surface area contributed by atoms with Crippen LogP contribution in [0.3, 0.4) is 0 Å². The average molecular weight is 351 g/mol. The first-order chi connectivity index (χ1) is 11.5. The van der Waals surface area contributed by atoms with Gasteiger partial charge in [0.25, 0.3) is 0 Å². The summed E-state index contributed by atoms with van der Waals surface area (Å²) in [7, 11) is -4.09. The summed E-state index contributed by atoms with van der Waals surface area (Å²) in [4.78, 5) is 29.4. The third-order valence-corrected chi connectivity index (χ3v) is 4.56. The molecule has 0 bridgehead atoms. The quantitative estimate of drug-likeness (QED) is 0.478. The van der Waals surface area contributed by atoms with Crippen LogP contribution in [0.4, 0.5) is 0 Å². The van der Waals surface area contributed by atoms with Crippen molar-refractivity contribution in [3.05, 3.63) is 71.8 Å². The van der Waals surface area contributed by atoms with Crippen LogP contribution in [-0.2, 0) is 15.1 Å². The van der Waals surface area contributed by atoms with Crippen LogP contribution >= 0.6 is 7.94 Å². The standard InChI is InChI=1S/C18H24O5P/c1-2-22-13-14-23-18(15-24(19,20)21,16-9-5-3-6-10-16)17-11-7-4-8-12-17/h3-12,19-21H,2,13-15H2,1H3/q+1. The zero-order chi connectivity index (χ0) is 17.5. The summed E-state index contributed by atoms with van der Waals surface area (Å²) in [6.07, 6.45) is -0.319. The van der Waals surface area contributed by atoms with Crippen LogP contribution in [-0.4, -0.2) is 40.7 Å². The predicted molar refractivity (Wildman–Crippen MR) is 94.6 cm³/mol. The number of rotatable bonds is 9. The second-order valence-electron chi connectivity index (χ2n) is 5.46. The van der Waals surface area contributed by atoms with Crippen LogP contribution < -0.4 is 0 Å². The topological polar surface area (TPSA) is 79.2 Å². The Hall–Kier alpha value is -1.33. The van der Waals surface area contributed by atoms with E-state index in [0.29, 0.717) is 13.2 Å². The number of hydrogen-bond donors (Lipinski definition) is 3. The fourth-order valence-corrected chi connectivity index (χ4v) is 3.75. The highest BCUT2D eigenvalue weighted by atomic mass is 31.2. The molecule has 2 rings (SSSR count). The number of benzene rings is 2. The Kier molecular flexibility index (Phi) is 6.87. The Labute approximate surface area is 143 Å². The van der Waals surface area contributed by atoms with Gasteiger partial charge in [0.2, 0.25) is 0 Å². The maximum atomic E-state index is 9.79. The van der Waals surface area contributed by atoms with Gasteiger partial charge >= 0.3 is 7.94 Å². The van der Waals surface area contributed by atoms with E-state index in [1.807, 2.05) is 67.6 Å². The van der Waals surface area contributed by atoms with Crippen molar-refractivity contribution in [1.29, 1.82) is 0 Å². The zero-order valence-corrected chi connectivity index (χ0v) is 14.6. The van der Waals surface area contributed by atoms with Crippen LogP contribution in [0, 0.1) is 0 Å². The maximum absolute atomic E-state index is 9.79. The molecule has 0 unspecified atom stereocenters. The molecule has 6 heteroatoms. The third-order valence-electron chi connectivity index (χ3n) is 3.70. The first-order valence-corrected chi connectivity index (χ1v) is 9.70. The summed E-state index contributed by atoms with van der Waals surface area (Å²) in [6.45, 7) is 3.11. The van der Waals surface area contributed by atoms with Gasteiger partial charge in [-0.2, -0.15) is 14.7 Å². The molecule has 2 aromatic carbocycles. The van der Waals surface area contributed by atoms with E-state index in [4.69, 9.17) is 9.47 Å². The maximum Gasteiger partial charge on any atom is 0.407 e. The normalized spacial score (nSPS) is 12.3. The molecule has 0 saturated heterocycles. The molecule has 3 N–H and O–H groups in total. The van der Waals surface area contributed by atoms with Crippen LogP contribution in [0.2, 0.25) is 0 Å². The van der Waals surface area contributed by atoms with Crippen molar-refractivity contribution >= 4 is 7.94 Å². The molecule has 0 saturated carbocycles. The molecule has 130 valence electrons. The molecule has 5 nitrogen and oxygen atoms in total. The zero-order valence-electron chi connectivity index (χ0n) is 13.7. The van der Waals surface area contributed by atoms with Gasteiger partial charge < -0.3 is 9.47 Å². The minimum absolute atomic E-state index is 0.262. The highest BCUT2D eigenvalue weighted by Crippen LogP contribution is 2.53. The smallest absolute Gasteiger partial charge is 0.379 e. The molecule has 0 aliphatic rings. The second-order valence-corrected chi connectivity index (χ2v) is 7.16. The second kappa shape index (κ2) is 8.67. The first-order valence-electron chi connectivity index (χ1n) is 7.87. The molecule has 0 spiro atoms. The largest absolute Gasteiger partial charge is 0.407 e. The van der Waals surface area contributed by atoms with E-state index in [9.17, 15) is 14.7 Å². The Morgan fingerprint density at radius 1 is 0.833 bits per heavy atom. The molecule has 0 radical (unpaired) electrons. The van der Waals surface area contributed by atoms with E-state index in [1.165, 1.54) is 0 Å². The van der Waals surface area contributed by atoms with E-state index >= 15 is 0 Å². The van der Waals surface area contributed by atoms with E-state index < -0.39 is 13.5 Å². The van der Waals surface area contributed by atoms with Crippen molar-refractivity contribution in [2.24, 2.45) is 0 Å². The van der Waals surface area contributed by atoms with Crippen LogP contribution in [0.25, 0.3) is 0 Å². The van der Waals surface area contributed by atoms with Gasteiger partial charge in [0, 0.05) is 6.61 Å².